The van der Waals surface area contributed by atoms with Crippen LogP contribution in [0.3, 0.4) is 0 Å². The Labute approximate surface area is 120 Å². The van der Waals surface area contributed by atoms with Crippen LogP contribution in [-0.4, -0.2) is 42.1 Å². The summed E-state index contributed by atoms with van der Waals surface area (Å²) in [6.07, 6.45) is 2.82. The highest BCUT2D eigenvalue weighted by Crippen LogP contribution is 2.16. The van der Waals surface area contributed by atoms with Crippen molar-refractivity contribution >= 4 is 5.91 Å². The monoisotopic (exact) mass is 279 g/mol. The molecule has 0 spiro atoms. The quantitative estimate of drug-likeness (QED) is 0.891. The number of carbonyl (C=O) groups excluding carboxylic acids is 1. The Balaban J connectivity index is 1.94. The molecule has 20 heavy (non-hydrogen) atoms. The van der Waals surface area contributed by atoms with Crippen molar-refractivity contribution in [3.8, 4) is 0 Å². The molecule has 5 heteroatoms. The summed E-state index contributed by atoms with van der Waals surface area (Å²) < 4.78 is 5.13. The van der Waals surface area contributed by atoms with Gasteiger partial charge in [-0.25, -0.2) is 0 Å². The van der Waals surface area contributed by atoms with Gasteiger partial charge in [-0.15, -0.1) is 0 Å². The Morgan fingerprint density at radius 1 is 1.50 bits per heavy atom. The highest BCUT2D eigenvalue weighted by Gasteiger charge is 2.21. The number of nitrogens with one attached hydrogen (secondary N) is 1. The van der Waals surface area contributed by atoms with Crippen LogP contribution in [0, 0.1) is 19.8 Å². The van der Waals surface area contributed by atoms with Crippen LogP contribution in [0.1, 0.15) is 36.8 Å². The summed E-state index contributed by atoms with van der Waals surface area (Å²) in [5.41, 5.74) is 1.77. The van der Waals surface area contributed by atoms with Crippen LogP contribution >= 0.6 is 0 Å². The molecule has 0 bridgehead atoms. The van der Waals surface area contributed by atoms with Crippen molar-refractivity contribution in [2.75, 3.05) is 26.2 Å². The summed E-state index contributed by atoms with van der Waals surface area (Å²) in [6, 6.07) is 0. The Kier molecular flexibility index (Phi) is 5.17. The van der Waals surface area contributed by atoms with E-state index >= 15 is 0 Å². The average Bonchev–Trinajstić information content (AvgIpc) is 2.77. The van der Waals surface area contributed by atoms with Gasteiger partial charge >= 0.3 is 0 Å². The van der Waals surface area contributed by atoms with Crippen LogP contribution in [0.5, 0.6) is 0 Å². The van der Waals surface area contributed by atoms with E-state index in [1.807, 2.05) is 25.7 Å². The number of carbonyl (C=O) groups is 1. The highest BCUT2D eigenvalue weighted by atomic mass is 16.5. The third-order valence-corrected chi connectivity index (χ3v) is 4.12. The molecule has 2 rings (SSSR count). The van der Waals surface area contributed by atoms with Crippen molar-refractivity contribution in [2.24, 2.45) is 5.92 Å². The maximum atomic E-state index is 12.5. The van der Waals surface area contributed by atoms with E-state index in [2.05, 4.69) is 10.5 Å². The van der Waals surface area contributed by atoms with Gasteiger partial charge in [0, 0.05) is 18.7 Å². The fourth-order valence-corrected chi connectivity index (χ4v) is 2.82. The van der Waals surface area contributed by atoms with Crippen molar-refractivity contribution in [2.45, 2.75) is 40.0 Å². The van der Waals surface area contributed by atoms with Gasteiger partial charge in [-0.1, -0.05) is 5.16 Å². The van der Waals surface area contributed by atoms with Crippen LogP contribution in [0.2, 0.25) is 0 Å². The maximum absolute atomic E-state index is 12.5. The molecule has 0 aliphatic carbocycles. The molecule has 0 aromatic carbocycles. The molecule has 0 radical (unpaired) electrons. The summed E-state index contributed by atoms with van der Waals surface area (Å²) in [6.45, 7) is 9.54. The minimum absolute atomic E-state index is 0.174. The highest BCUT2D eigenvalue weighted by molar-refractivity contribution is 5.79. The Bertz CT molecular complexity index is 430. The molecule has 1 N–H and O–H groups in total. The van der Waals surface area contributed by atoms with E-state index in [1.165, 1.54) is 12.8 Å². The first-order valence-electron chi connectivity index (χ1n) is 7.52. The minimum atomic E-state index is 0.174. The minimum Gasteiger partial charge on any atom is -0.361 e. The summed E-state index contributed by atoms with van der Waals surface area (Å²) in [5.74, 6) is 1.51. The fraction of sp³-hybridized carbons (Fsp3) is 0.733. The molecule has 1 aliphatic heterocycles. The third-order valence-electron chi connectivity index (χ3n) is 4.12. The molecular weight excluding hydrogens is 254 g/mol. The molecule has 5 nitrogen and oxygen atoms in total. The van der Waals surface area contributed by atoms with Crippen molar-refractivity contribution < 1.29 is 9.32 Å². The van der Waals surface area contributed by atoms with Gasteiger partial charge in [-0.05, 0) is 52.6 Å². The number of aryl methyl sites for hydroxylation is 2. The van der Waals surface area contributed by atoms with Crippen molar-refractivity contribution in [3.05, 3.63) is 17.0 Å². The van der Waals surface area contributed by atoms with E-state index in [0.29, 0.717) is 12.3 Å². The van der Waals surface area contributed by atoms with E-state index in [0.717, 1.165) is 43.2 Å². The van der Waals surface area contributed by atoms with Crippen LogP contribution in [0.25, 0.3) is 0 Å². The standard InChI is InChI=1S/C15H25N3O2/c1-4-18(10-13-6-5-7-16-9-13)15(19)8-14-11(2)17-20-12(14)3/h13,16H,4-10H2,1-3H3. The number of nitrogens with zero attached hydrogens (tertiary/aromatic N) is 2. The van der Waals surface area contributed by atoms with Gasteiger partial charge < -0.3 is 14.7 Å². The second-order valence-corrected chi connectivity index (χ2v) is 5.62. The molecule has 1 aromatic heterocycles. The van der Waals surface area contributed by atoms with Crippen molar-refractivity contribution in [3.63, 3.8) is 0 Å². The summed E-state index contributed by atoms with van der Waals surface area (Å²) >= 11 is 0. The Morgan fingerprint density at radius 2 is 2.30 bits per heavy atom. The number of rotatable bonds is 5. The van der Waals surface area contributed by atoms with Crippen LogP contribution < -0.4 is 5.32 Å². The molecule has 2 heterocycles. The SMILES string of the molecule is CCN(CC1CCCNC1)C(=O)Cc1c(C)noc1C. The van der Waals surface area contributed by atoms with Crippen LogP contribution in [0.4, 0.5) is 0 Å². The van der Waals surface area contributed by atoms with E-state index in [-0.39, 0.29) is 5.91 Å². The number of likely N-dealkylation sites (N-methyl/N-ethyl adjacent to an activating group) is 1. The summed E-state index contributed by atoms with van der Waals surface area (Å²) in [5, 5.41) is 7.32. The van der Waals surface area contributed by atoms with E-state index in [1.54, 1.807) is 0 Å². The predicted molar refractivity (Wildman–Crippen MR) is 77.5 cm³/mol. The van der Waals surface area contributed by atoms with Crippen LogP contribution in [-0.2, 0) is 11.2 Å². The topological polar surface area (TPSA) is 58.4 Å². The fourth-order valence-electron chi connectivity index (χ4n) is 2.82. The first kappa shape index (κ1) is 15.0. The molecular formula is C15H25N3O2. The van der Waals surface area contributed by atoms with Gasteiger partial charge in [-0.2, -0.15) is 0 Å². The van der Waals surface area contributed by atoms with E-state index in [4.69, 9.17) is 4.52 Å². The molecule has 112 valence electrons. The van der Waals surface area contributed by atoms with Crippen molar-refractivity contribution in [1.82, 2.24) is 15.4 Å². The maximum Gasteiger partial charge on any atom is 0.227 e. The first-order chi connectivity index (χ1) is 9.61. The molecule has 1 saturated heterocycles. The molecule has 1 aromatic rings. The summed E-state index contributed by atoms with van der Waals surface area (Å²) in [4.78, 5) is 14.4. The zero-order chi connectivity index (χ0) is 14.5. The Morgan fingerprint density at radius 3 is 2.85 bits per heavy atom. The number of aromatic nitrogens is 1. The molecule has 1 fully saturated rings. The second kappa shape index (κ2) is 6.88. The van der Waals surface area contributed by atoms with Gasteiger partial charge in [-0.3, -0.25) is 4.79 Å². The first-order valence-corrected chi connectivity index (χ1v) is 7.52. The number of amides is 1. The molecule has 1 atom stereocenters. The molecule has 1 aliphatic rings. The average molecular weight is 279 g/mol. The van der Waals surface area contributed by atoms with E-state index in [9.17, 15) is 4.79 Å². The molecule has 1 unspecified atom stereocenters. The zero-order valence-electron chi connectivity index (χ0n) is 12.7. The third kappa shape index (κ3) is 3.60. The smallest absolute Gasteiger partial charge is 0.227 e. The Hall–Kier alpha value is -1.36. The lowest BCUT2D eigenvalue weighted by Gasteiger charge is -2.29. The van der Waals surface area contributed by atoms with E-state index < -0.39 is 0 Å². The lowest BCUT2D eigenvalue weighted by Crippen LogP contribution is -2.41. The van der Waals surface area contributed by atoms with Crippen molar-refractivity contribution in [1.29, 1.82) is 0 Å². The van der Waals surface area contributed by atoms with Crippen LogP contribution in [0.15, 0.2) is 4.52 Å². The lowest BCUT2D eigenvalue weighted by atomic mass is 9.98. The number of piperidine rings is 1. The zero-order valence-corrected chi connectivity index (χ0v) is 12.7. The number of hydrogen-bond acceptors (Lipinski definition) is 4. The molecule has 0 saturated carbocycles. The van der Waals surface area contributed by atoms with Gasteiger partial charge in [0.05, 0.1) is 12.1 Å². The summed E-state index contributed by atoms with van der Waals surface area (Å²) in [7, 11) is 0. The van der Waals surface area contributed by atoms with Gasteiger partial charge in [0.15, 0.2) is 0 Å². The molecule has 1 amide bonds. The van der Waals surface area contributed by atoms with Gasteiger partial charge in [0.1, 0.15) is 5.76 Å². The normalized spacial score (nSPS) is 19.1. The predicted octanol–water partition coefficient (Wildman–Crippen LogP) is 1.68. The largest absolute Gasteiger partial charge is 0.361 e. The second-order valence-electron chi connectivity index (χ2n) is 5.62. The van der Waals surface area contributed by atoms with Gasteiger partial charge in [0.25, 0.3) is 0 Å². The van der Waals surface area contributed by atoms with Gasteiger partial charge in [0.2, 0.25) is 5.91 Å². The number of hydrogen-bond donors (Lipinski definition) is 1. The lowest BCUT2D eigenvalue weighted by molar-refractivity contribution is -0.131.